The largest absolute Gasteiger partial charge is 0.495 e. The number of benzene rings is 1. The summed E-state index contributed by atoms with van der Waals surface area (Å²) in [5.74, 6) is 0.419. The van der Waals surface area contributed by atoms with Crippen LogP contribution in [0.4, 0.5) is 0 Å². The fourth-order valence-electron chi connectivity index (χ4n) is 2.73. The van der Waals surface area contributed by atoms with Gasteiger partial charge in [-0.15, -0.1) is 0 Å². The molecule has 0 spiro atoms. The van der Waals surface area contributed by atoms with Crippen molar-refractivity contribution in [2.24, 2.45) is 0 Å². The Balaban J connectivity index is 3.23. The summed E-state index contributed by atoms with van der Waals surface area (Å²) >= 11 is 0. The highest BCUT2D eigenvalue weighted by Gasteiger charge is 2.34. The van der Waals surface area contributed by atoms with Crippen LogP contribution in [0.2, 0.25) is 0 Å². The lowest BCUT2D eigenvalue weighted by Gasteiger charge is -2.27. The Kier molecular flexibility index (Phi) is 7.18. The molecule has 4 nitrogen and oxygen atoms in total. The monoisotopic (exact) mass is 313 g/mol. The summed E-state index contributed by atoms with van der Waals surface area (Å²) in [6.45, 7) is 6.78. The highest BCUT2D eigenvalue weighted by atomic mass is 32.2. The van der Waals surface area contributed by atoms with Gasteiger partial charge in [0.1, 0.15) is 10.6 Å². The number of rotatable bonds is 9. The number of methoxy groups -OCH3 is 1. The quantitative estimate of drug-likeness (QED) is 0.761. The number of sulfone groups is 1. The first-order valence-electron chi connectivity index (χ1n) is 7.63. The molecule has 5 heteroatoms. The summed E-state index contributed by atoms with van der Waals surface area (Å²) in [6.07, 6.45) is 2.38. The van der Waals surface area contributed by atoms with Crippen LogP contribution in [-0.2, 0) is 9.84 Å². The van der Waals surface area contributed by atoms with Gasteiger partial charge in [-0.1, -0.05) is 39.3 Å². The zero-order valence-electron chi connectivity index (χ0n) is 13.4. The second-order valence-corrected chi connectivity index (χ2v) is 7.23. The molecule has 2 unspecified atom stereocenters. The summed E-state index contributed by atoms with van der Waals surface area (Å²) < 4.78 is 31.3. The van der Waals surface area contributed by atoms with Crippen LogP contribution in [0.3, 0.4) is 0 Å². The van der Waals surface area contributed by atoms with Gasteiger partial charge in [-0.05, 0) is 31.5 Å². The molecule has 0 saturated carbocycles. The molecule has 0 heterocycles. The third-order valence-electron chi connectivity index (χ3n) is 3.69. The van der Waals surface area contributed by atoms with Crippen LogP contribution in [0.15, 0.2) is 29.2 Å². The zero-order chi connectivity index (χ0) is 15.9. The number of ether oxygens (including phenoxy) is 1. The topological polar surface area (TPSA) is 55.4 Å². The maximum absolute atomic E-state index is 13.0. The first-order valence-corrected chi connectivity index (χ1v) is 9.17. The Morgan fingerprint density at radius 2 is 1.86 bits per heavy atom. The van der Waals surface area contributed by atoms with Crippen LogP contribution in [0.25, 0.3) is 0 Å². The van der Waals surface area contributed by atoms with E-state index in [0.29, 0.717) is 17.1 Å². The van der Waals surface area contributed by atoms with Crippen LogP contribution >= 0.6 is 0 Å². The van der Waals surface area contributed by atoms with Gasteiger partial charge in [0.15, 0.2) is 9.84 Å². The molecular weight excluding hydrogens is 286 g/mol. The van der Waals surface area contributed by atoms with Crippen LogP contribution in [0.1, 0.15) is 40.0 Å². The van der Waals surface area contributed by atoms with Gasteiger partial charge in [0, 0.05) is 6.04 Å². The molecule has 0 aliphatic heterocycles. The Hall–Kier alpha value is -1.07. The van der Waals surface area contributed by atoms with Gasteiger partial charge >= 0.3 is 0 Å². The van der Waals surface area contributed by atoms with Crippen molar-refractivity contribution in [3.05, 3.63) is 24.3 Å². The van der Waals surface area contributed by atoms with Crippen LogP contribution in [-0.4, -0.2) is 33.4 Å². The smallest absolute Gasteiger partial charge is 0.186 e. The minimum absolute atomic E-state index is 0.0279. The van der Waals surface area contributed by atoms with E-state index in [1.165, 1.54) is 7.11 Å². The minimum atomic E-state index is -3.42. The summed E-state index contributed by atoms with van der Waals surface area (Å²) in [4.78, 5) is 0.290. The molecule has 0 radical (unpaired) electrons. The van der Waals surface area contributed by atoms with Crippen LogP contribution in [0.5, 0.6) is 5.75 Å². The van der Waals surface area contributed by atoms with Gasteiger partial charge in [0.05, 0.1) is 12.4 Å². The maximum Gasteiger partial charge on any atom is 0.186 e. The van der Waals surface area contributed by atoms with Crippen LogP contribution in [0, 0.1) is 0 Å². The number of hydrogen-bond donors (Lipinski definition) is 1. The number of hydrogen-bond acceptors (Lipinski definition) is 4. The normalized spacial score (nSPS) is 14.7. The van der Waals surface area contributed by atoms with E-state index < -0.39 is 15.1 Å². The Morgan fingerprint density at radius 3 is 2.38 bits per heavy atom. The van der Waals surface area contributed by atoms with Crippen molar-refractivity contribution in [3.63, 3.8) is 0 Å². The van der Waals surface area contributed by atoms with E-state index in [-0.39, 0.29) is 6.04 Å². The zero-order valence-corrected chi connectivity index (χ0v) is 14.2. The second-order valence-electron chi connectivity index (χ2n) is 5.10. The number of para-hydroxylation sites is 1. The molecular formula is C16H27NO3S. The summed E-state index contributed by atoms with van der Waals surface area (Å²) in [5.41, 5.74) is 0. The van der Waals surface area contributed by atoms with Crippen molar-refractivity contribution in [1.29, 1.82) is 0 Å². The van der Waals surface area contributed by atoms with E-state index in [9.17, 15) is 8.42 Å². The Labute approximate surface area is 128 Å². The lowest BCUT2D eigenvalue weighted by atomic mass is 10.1. The first-order chi connectivity index (χ1) is 10.0. The van der Waals surface area contributed by atoms with E-state index in [1.807, 2.05) is 13.8 Å². The molecule has 1 N–H and O–H groups in total. The average molecular weight is 313 g/mol. The highest BCUT2D eigenvalue weighted by molar-refractivity contribution is 7.92. The van der Waals surface area contributed by atoms with E-state index in [4.69, 9.17) is 4.74 Å². The Bertz CT molecular complexity index is 522. The fourth-order valence-corrected chi connectivity index (χ4v) is 4.86. The predicted molar refractivity (Wildman–Crippen MR) is 86.6 cm³/mol. The summed E-state index contributed by atoms with van der Waals surface area (Å²) in [7, 11) is -1.92. The molecule has 1 aromatic rings. The molecule has 21 heavy (non-hydrogen) atoms. The van der Waals surface area contributed by atoms with Gasteiger partial charge in [-0.25, -0.2) is 8.42 Å². The lowest BCUT2D eigenvalue weighted by molar-refractivity contribution is 0.400. The first kappa shape index (κ1) is 18.0. The van der Waals surface area contributed by atoms with Crippen molar-refractivity contribution < 1.29 is 13.2 Å². The van der Waals surface area contributed by atoms with Crippen molar-refractivity contribution in [1.82, 2.24) is 5.32 Å². The van der Waals surface area contributed by atoms with E-state index in [2.05, 4.69) is 12.2 Å². The highest BCUT2D eigenvalue weighted by Crippen LogP contribution is 2.29. The molecule has 0 aromatic heterocycles. The molecule has 120 valence electrons. The van der Waals surface area contributed by atoms with Crippen molar-refractivity contribution in [2.75, 3.05) is 13.7 Å². The molecule has 0 fully saturated rings. The fraction of sp³-hybridized carbons (Fsp3) is 0.625. The van der Waals surface area contributed by atoms with Gasteiger partial charge < -0.3 is 10.1 Å². The van der Waals surface area contributed by atoms with E-state index >= 15 is 0 Å². The lowest BCUT2D eigenvalue weighted by Crippen LogP contribution is -2.44. The molecule has 0 saturated heterocycles. The summed E-state index contributed by atoms with van der Waals surface area (Å²) in [6, 6.07) is 6.82. The van der Waals surface area contributed by atoms with Crippen molar-refractivity contribution in [3.8, 4) is 5.75 Å². The van der Waals surface area contributed by atoms with Gasteiger partial charge in [0.25, 0.3) is 0 Å². The van der Waals surface area contributed by atoms with Gasteiger partial charge in [-0.3, -0.25) is 0 Å². The third kappa shape index (κ3) is 4.20. The molecule has 0 aliphatic rings. The van der Waals surface area contributed by atoms with Crippen molar-refractivity contribution in [2.45, 2.75) is 56.2 Å². The molecule has 0 aliphatic carbocycles. The third-order valence-corrected chi connectivity index (χ3v) is 6.10. The summed E-state index contributed by atoms with van der Waals surface area (Å²) in [5, 5.41) is 2.89. The molecule has 2 atom stereocenters. The van der Waals surface area contributed by atoms with Crippen molar-refractivity contribution >= 4 is 9.84 Å². The molecule has 0 bridgehead atoms. The molecule has 0 amide bonds. The standard InChI is InChI=1S/C16H27NO3S/c1-5-10-13(17-7-3)15(6-2)21(18,19)16-12-9-8-11-14(16)20-4/h8-9,11-13,15,17H,5-7,10H2,1-4H3. The molecule has 1 aromatic carbocycles. The molecule has 1 rings (SSSR count). The van der Waals surface area contributed by atoms with Crippen LogP contribution < -0.4 is 10.1 Å². The second kappa shape index (κ2) is 8.39. The van der Waals surface area contributed by atoms with E-state index in [1.54, 1.807) is 24.3 Å². The SMILES string of the molecule is CCCC(NCC)C(CC)S(=O)(=O)c1ccccc1OC. The van der Waals surface area contributed by atoms with Gasteiger partial charge in [0.2, 0.25) is 0 Å². The van der Waals surface area contributed by atoms with Gasteiger partial charge in [-0.2, -0.15) is 0 Å². The maximum atomic E-state index is 13.0. The Morgan fingerprint density at radius 1 is 1.19 bits per heavy atom. The minimum Gasteiger partial charge on any atom is -0.495 e. The number of nitrogens with one attached hydrogen (secondary N) is 1. The predicted octanol–water partition coefficient (Wildman–Crippen LogP) is 3.03. The average Bonchev–Trinajstić information content (AvgIpc) is 2.48. The van der Waals surface area contributed by atoms with E-state index in [0.717, 1.165) is 19.4 Å².